The number of carbonyl (C=O) groups is 1. The fourth-order valence-electron chi connectivity index (χ4n) is 4.28. The van der Waals surface area contributed by atoms with Gasteiger partial charge in [0.05, 0.1) is 36.5 Å². The number of ketones is 1. The summed E-state index contributed by atoms with van der Waals surface area (Å²) in [5, 5.41) is 10.9. The van der Waals surface area contributed by atoms with Gasteiger partial charge in [0.1, 0.15) is 11.6 Å². The van der Waals surface area contributed by atoms with E-state index in [0.29, 0.717) is 40.2 Å². The van der Waals surface area contributed by atoms with Gasteiger partial charge < -0.3 is 10.5 Å². The number of allylic oxidation sites excluding steroid dienone is 2. The van der Waals surface area contributed by atoms with E-state index in [2.05, 4.69) is 32.3 Å². The molecule has 3 heterocycles. The van der Waals surface area contributed by atoms with Crippen molar-refractivity contribution in [1.29, 1.82) is 0 Å². The van der Waals surface area contributed by atoms with E-state index in [-0.39, 0.29) is 5.78 Å². The predicted octanol–water partition coefficient (Wildman–Crippen LogP) is 3.70. The summed E-state index contributed by atoms with van der Waals surface area (Å²) in [4.78, 5) is 21.4. The summed E-state index contributed by atoms with van der Waals surface area (Å²) < 4.78 is 7.59. The number of Topliss-reactive ketones (excluding diaryl/α,β-unsaturated/α-hetero) is 1. The van der Waals surface area contributed by atoms with E-state index in [9.17, 15) is 4.79 Å². The van der Waals surface area contributed by atoms with Crippen molar-refractivity contribution >= 4 is 38.8 Å². The molecular formula is C25H22N6O2. The molecule has 164 valence electrons. The molecule has 8 nitrogen and oxygen atoms in total. The zero-order valence-electron chi connectivity index (χ0n) is 18.5. The quantitative estimate of drug-likeness (QED) is 0.417. The first-order valence-electron chi connectivity index (χ1n) is 10.5. The van der Waals surface area contributed by atoms with Crippen molar-refractivity contribution in [3.63, 3.8) is 0 Å². The molecule has 5 aromatic rings. The van der Waals surface area contributed by atoms with Crippen LogP contribution in [0.15, 0.2) is 60.6 Å². The number of pyridine rings is 1. The summed E-state index contributed by atoms with van der Waals surface area (Å²) in [5.74, 6) is 1.11. The van der Waals surface area contributed by atoms with Gasteiger partial charge in [-0.05, 0) is 31.4 Å². The Morgan fingerprint density at radius 3 is 2.67 bits per heavy atom. The minimum Gasteiger partial charge on any atom is -0.496 e. The second-order valence-corrected chi connectivity index (χ2v) is 7.88. The molecule has 2 aromatic carbocycles. The van der Waals surface area contributed by atoms with Crippen LogP contribution in [0.25, 0.3) is 33.0 Å². The van der Waals surface area contributed by atoms with Gasteiger partial charge in [-0.15, -0.1) is 10.2 Å². The highest BCUT2D eigenvalue weighted by Crippen LogP contribution is 2.32. The lowest BCUT2D eigenvalue weighted by Gasteiger charge is -2.14. The summed E-state index contributed by atoms with van der Waals surface area (Å²) in [6.45, 7) is 3.19. The molecular weight excluding hydrogens is 416 g/mol. The van der Waals surface area contributed by atoms with Crippen molar-refractivity contribution in [2.24, 2.45) is 5.73 Å². The van der Waals surface area contributed by atoms with Crippen LogP contribution in [0.2, 0.25) is 0 Å². The second kappa shape index (κ2) is 7.98. The Bertz CT molecular complexity index is 1580. The molecule has 5 rings (SSSR count). The van der Waals surface area contributed by atoms with Crippen LogP contribution in [-0.2, 0) is 11.2 Å². The van der Waals surface area contributed by atoms with Gasteiger partial charge in [-0.1, -0.05) is 24.3 Å². The Hall–Kier alpha value is -4.33. The molecule has 0 saturated carbocycles. The van der Waals surface area contributed by atoms with Crippen molar-refractivity contribution < 1.29 is 9.53 Å². The van der Waals surface area contributed by atoms with E-state index in [4.69, 9.17) is 10.5 Å². The number of carbonyl (C=O) groups excluding carboxylic acids is 1. The molecule has 0 fully saturated rings. The van der Waals surface area contributed by atoms with Crippen LogP contribution < -0.4 is 10.5 Å². The van der Waals surface area contributed by atoms with Gasteiger partial charge >= 0.3 is 0 Å². The molecule has 0 unspecified atom stereocenters. The van der Waals surface area contributed by atoms with Gasteiger partial charge in [-0.25, -0.2) is 0 Å². The molecule has 8 heteroatoms. The van der Waals surface area contributed by atoms with E-state index < -0.39 is 0 Å². The average Bonchev–Trinajstić information content (AvgIpc) is 3.21. The lowest BCUT2D eigenvalue weighted by Crippen LogP contribution is -2.07. The first-order chi connectivity index (χ1) is 16.0. The van der Waals surface area contributed by atoms with Crippen LogP contribution in [0.1, 0.15) is 30.9 Å². The summed E-state index contributed by atoms with van der Waals surface area (Å²) >= 11 is 0. The van der Waals surface area contributed by atoms with E-state index >= 15 is 0 Å². The van der Waals surface area contributed by atoms with Crippen molar-refractivity contribution in [2.75, 3.05) is 7.11 Å². The molecule has 0 aliphatic rings. The highest BCUT2D eigenvalue weighted by Gasteiger charge is 2.19. The number of benzene rings is 2. The molecule has 0 bridgehead atoms. The fraction of sp³-hybridized carbons (Fsp3) is 0.160. The standard InChI is InChI=1S/C25H22N6O2/c1-14(26)25(15(2)32)18-10-20-21(12-22(18)33-3)31-23(29-30-24(31)13-28-20)11-19-17-7-5-4-6-16(17)8-9-27-19/h4-10,12-13H,11,26H2,1-3H3. The van der Waals surface area contributed by atoms with E-state index in [1.165, 1.54) is 6.92 Å². The summed E-state index contributed by atoms with van der Waals surface area (Å²) in [6, 6.07) is 13.8. The summed E-state index contributed by atoms with van der Waals surface area (Å²) in [7, 11) is 1.56. The highest BCUT2D eigenvalue weighted by atomic mass is 16.5. The maximum Gasteiger partial charge on any atom is 0.179 e. The van der Waals surface area contributed by atoms with Crippen LogP contribution in [0.4, 0.5) is 0 Å². The molecule has 2 N–H and O–H groups in total. The van der Waals surface area contributed by atoms with Crippen LogP contribution >= 0.6 is 0 Å². The third-order valence-electron chi connectivity index (χ3n) is 5.71. The van der Waals surface area contributed by atoms with E-state index in [1.807, 2.05) is 34.7 Å². The van der Waals surface area contributed by atoms with Crippen molar-refractivity contribution in [1.82, 2.24) is 24.6 Å². The van der Waals surface area contributed by atoms with Gasteiger partial charge in [-0.2, -0.15) is 0 Å². The minimum absolute atomic E-state index is 0.138. The molecule has 0 radical (unpaired) electrons. The Labute approximate surface area is 189 Å². The number of methoxy groups -OCH3 is 1. The molecule has 0 aliphatic carbocycles. The SMILES string of the molecule is COc1cc2c(cc1C(C(C)=O)=C(C)N)ncc1nnc(Cc3nccc4ccccc34)n12. The summed E-state index contributed by atoms with van der Waals surface area (Å²) in [5.41, 5.74) is 10.4. The van der Waals surface area contributed by atoms with Gasteiger partial charge in [0.25, 0.3) is 0 Å². The van der Waals surface area contributed by atoms with Gasteiger partial charge in [-0.3, -0.25) is 19.2 Å². The zero-order chi connectivity index (χ0) is 23.1. The van der Waals surface area contributed by atoms with Gasteiger partial charge in [0, 0.05) is 34.5 Å². The normalized spacial score (nSPS) is 12.3. The maximum atomic E-state index is 12.3. The third-order valence-corrected chi connectivity index (χ3v) is 5.71. The predicted molar refractivity (Wildman–Crippen MR) is 127 cm³/mol. The second-order valence-electron chi connectivity index (χ2n) is 7.88. The number of rotatable bonds is 5. The molecule has 0 spiro atoms. The number of ether oxygens (including phenoxy) is 1. The van der Waals surface area contributed by atoms with Crippen LogP contribution in [0.5, 0.6) is 5.75 Å². The van der Waals surface area contributed by atoms with Gasteiger partial charge in [0.15, 0.2) is 11.4 Å². The topological polar surface area (TPSA) is 108 Å². The van der Waals surface area contributed by atoms with Crippen LogP contribution in [0.3, 0.4) is 0 Å². The number of nitrogens with zero attached hydrogens (tertiary/aromatic N) is 5. The molecule has 0 saturated heterocycles. The number of fused-ring (bicyclic) bond motifs is 4. The lowest BCUT2D eigenvalue weighted by molar-refractivity contribution is -0.111. The fourth-order valence-corrected chi connectivity index (χ4v) is 4.28. The van der Waals surface area contributed by atoms with Crippen molar-refractivity contribution in [2.45, 2.75) is 20.3 Å². The number of hydrogen-bond donors (Lipinski definition) is 1. The first-order valence-corrected chi connectivity index (χ1v) is 10.5. The largest absolute Gasteiger partial charge is 0.496 e. The highest BCUT2D eigenvalue weighted by molar-refractivity contribution is 6.21. The maximum absolute atomic E-state index is 12.3. The monoisotopic (exact) mass is 438 g/mol. The Kier molecular flexibility index (Phi) is 4.97. The molecule has 0 aliphatic heterocycles. The third kappa shape index (κ3) is 3.45. The Balaban J connectivity index is 1.73. The zero-order valence-corrected chi connectivity index (χ0v) is 18.5. The molecule has 33 heavy (non-hydrogen) atoms. The van der Waals surface area contributed by atoms with Crippen molar-refractivity contribution in [3.8, 4) is 5.75 Å². The Morgan fingerprint density at radius 2 is 1.91 bits per heavy atom. The summed E-state index contributed by atoms with van der Waals surface area (Å²) in [6.07, 6.45) is 3.96. The van der Waals surface area contributed by atoms with Crippen LogP contribution in [0, 0.1) is 0 Å². The molecule has 0 amide bonds. The van der Waals surface area contributed by atoms with E-state index in [0.717, 1.165) is 27.8 Å². The average molecular weight is 438 g/mol. The first kappa shape index (κ1) is 20.6. The number of aromatic nitrogens is 5. The van der Waals surface area contributed by atoms with E-state index in [1.54, 1.807) is 26.4 Å². The molecule has 0 atom stereocenters. The minimum atomic E-state index is -0.138. The molecule has 3 aromatic heterocycles. The van der Waals surface area contributed by atoms with Crippen LogP contribution in [-0.4, -0.2) is 37.5 Å². The Morgan fingerprint density at radius 1 is 1.09 bits per heavy atom. The number of hydrogen-bond acceptors (Lipinski definition) is 7. The number of nitrogens with two attached hydrogens (primary N) is 1. The van der Waals surface area contributed by atoms with Gasteiger partial charge in [0.2, 0.25) is 0 Å². The van der Waals surface area contributed by atoms with Crippen molar-refractivity contribution in [3.05, 3.63) is 77.6 Å². The smallest absolute Gasteiger partial charge is 0.179 e. The lowest BCUT2D eigenvalue weighted by atomic mass is 9.99.